The number of rotatable bonds is 16. The highest BCUT2D eigenvalue weighted by atomic mass is 19.1. The van der Waals surface area contributed by atoms with Crippen molar-refractivity contribution in [2.45, 2.75) is 76.9 Å². The maximum Gasteiger partial charge on any atom is 0.308 e. The molecule has 17 heteroatoms. The van der Waals surface area contributed by atoms with Crippen molar-refractivity contribution in [1.29, 1.82) is 0 Å². The predicted molar refractivity (Wildman–Crippen MR) is 209 cm³/mol. The number of aromatic nitrogens is 4. The van der Waals surface area contributed by atoms with Crippen LogP contribution in [0.3, 0.4) is 0 Å². The minimum absolute atomic E-state index is 0.00885. The molecule has 0 aliphatic carbocycles. The molecule has 1 aliphatic heterocycles. The van der Waals surface area contributed by atoms with E-state index in [4.69, 9.17) is 14.2 Å². The van der Waals surface area contributed by atoms with E-state index in [2.05, 4.69) is 26.0 Å². The first-order valence-corrected chi connectivity index (χ1v) is 18.8. The normalized spacial score (nSPS) is 14.6. The molecule has 0 radical (unpaired) electrons. The lowest BCUT2D eigenvalue weighted by molar-refractivity contribution is -0.156. The third-order valence-corrected chi connectivity index (χ3v) is 9.32. The molecule has 0 spiro atoms. The standard InChI is InChI=1S/C42H43F2N7O8/c1-42(2,3)59-37(53)22-32(35(52)23-58-38-29(43)16-10-17-30(38)44)46-40(55)34-21-26-12-6-8-18-33(26)51(34)41(56)31(19-20-36-47-49-50(48-36)24-57-4)45-39(54)28-15-9-13-25-11-5-7-14-27(25)28/h5-18,31-32,34H,19-24H2,1-4H3,(H,45,54)(H,46,55)/t31-,32-,34-/m0/s1. The Balaban J connectivity index is 1.29. The lowest BCUT2D eigenvalue weighted by Gasteiger charge is -2.30. The number of tetrazole rings is 1. The van der Waals surface area contributed by atoms with Crippen LogP contribution in [0.5, 0.6) is 5.75 Å². The molecular weight excluding hydrogens is 768 g/mol. The lowest BCUT2D eigenvalue weighted by Crippen LogP contribution is -2.57. The third-order valence-electron chi connectivity index (χ3n) is 9.32. The molecule has 2 heterocycles. The fraction of sp³-hybridized carbons (Fsp3) is 0.333. The number of esters is 1. The molecule has 15 nitrogen and oxygen atoms in total. The van der Waals surface area contributed by atoms with E-state index in [0.717, 1.165) is 23.6 Å². The summed E-state index contributed by atoms with van der Waals surface area (Å²) >= 11 is 0. The molecule has 3 atom stereocenters. The summed E-state index contributed by atoms with van der Waals surface area (Å²) < 4.78 is 44.4. The number of fused-ring (bicyclic) bond motifs is 2. The van der Waals surface area contributed by atoms with Crippen LogP contribution in [0.4, 0.5) is 14.5 Å². The second-order valence-corrected chi connectivity index (χ2v) is 14.8. The van der Waals surface area contributed by atoms with Gasteiger partial charge in [-0.2, -0.15) is 0 Å². The van der Waals surface area contributed by atoms with Crippen molar-refractivity contribution < 1.29 is 47.0 Å². The number of carbonyl (C=O) groups is 5. The van der Waals surface area contributed by atoms with E-state index < -0.39 is 83.6 Å². The molecular formula is C42H43F2N7O8. The first kappa shape index (κ1) is 42.0. The van der Waals surface area contributed by atoms with E-state index in [-0.39, 0.29) is 31.8 Å². The highest BCUT2D eigenvalue weighted by molar-refractivity contribution is 6.11. The summed E-state index contributed by atoms with van der Waals surface area (Å²) in [6.45, 7) is 3.99. The van der Waals surface area contributed by atoms with Crippen molar-refractivity contribution in [3.05, 3.63) is 114 Å². The average molecular weight is 812 g/mol. The van der Waals surface area contributed by atoms with Crippen molar-refractivity contribution in [3.63, 3.8) is 0 Å². The molecule has 5 aromatic rings. The Kier molecular flexibility index (Phi) is 13.0. The number of aryl methyl sites for hydroxylation is 1. The van der Waals surface area contributed by atoms with Gasteiger partial charge in [0, 0.05) is 31.2 Å². The molecule has 6 rings (SSSR count). The van der Waals surface area contributed by atoms with Crippen LogP contribution in [0.2, 0.25) is 0 Å². The minimum Gasteiger partial charge on any atom is -0.480 e. The second-order valence-electron chi connectivity index (χ2n) is 14.8. The van der Waals surface area contributed by atoms with Gasteiger partial charge in [-0.15, -0.1) is 15.0 Å². The molecule has 0 unspecified atom stereocenters. The number of methoxy groups -OCH3 is 1. The summed E-state index contributed by atoms with van der Waals surface area (Å²) in [5, 5.41) is 19.2. The fourth-order valence-corrected chi connectivity index (χ4v) is 6.70. The van der Waals surface area contributed by atoms with Crippen molar-refractivity contribution in [3.8, 4) is 5.75 Å². The fourth-order valence-electron chi connectivity index (χ4n) is 6.70. The van der Waals surface area contributed by atoms with Crippen LogP contribution in [-0.2, 0) is 48.2 Å². The number of hydrogen-bond donors (Lipinski definition) is 2. The van der Waals surface area contributed by atoms with Gasteiger partial charge in [0.05, 0.1) is 6.42 Å². The SMILES string of the molecule is COCn1nnc(CC[C@H](NC(=O)c2cccc3ccccc23)C(=O)N2c3ccccc3C[C@H]2C(=O)N[C@@H](CC(=O)OC(C)(C)C)C(=O)COc2c(F)cccc2F)n1. The van der Waals surface area contributed by atoms with Gasteiger partial charge in [-0.25, -0.2) is 8.78 Å². The van der Waals surface area contributed by atoms with Gasteiger partial charge in [0.15, 0.2) is 35.7 Å². The van der Waals surface area contributed by atoms with Gasteiger partial charge in [-0.05, 0) is 73.0 Å². The highest BCUT2D eigenvalue weighted by Crippen LogP contribution is 2.33. The van der Waals surface area contributed by atoms with E-state index in [0.29, 0.717) is 22.2 Å². The molecule has 2 N–H and O–H groups in total. The summed E-state index contributed by atoms with van der Waals surface area (Å²) in [5.74, 6) is -6.40. The van der Waals surface area contributed by atoms with Crippen LogP contribution in [-0.4, -0.2) is 87.1 Å². The number of ether oxygens (including phenoxy) is 3. The van der Waals surface area contributed by atoms with Crippen LogP contribution in [0, 0.1) is 11.6 Å². The topological polar surface area (TPSA) is 184 Å². The number of nitrogens with one attached hydrogen (secondary N) is 2. The number of Topliss-reactive ketones (excluding diaryl/α,β-unsaturated/α-hetero) is 1. The molecule has 0 bridgehead atoms. The number of nitrogens with zero attached hydrogens (tertiary/aromatic N) is 5. The van der Waals surface area contributed by atoms with Gasteiger partial charge < -0.3 is 24.8 Å². The zero-order valence-corrected chi connectivity index (χ0v) is 32.8. The molecule has 1 aromatic heterocycles. The van der Waals surface area contributed by atoms with E-state index >= 15 is 0 Å². The number of para-hydroxylation sites is 2. The number of benzene rings is 4. The quantitative estimate of drug-likeness (QED) is 0.136. The van der Waals surface area contributed by atoms with Gasteiger partial charge in [0.25, 0.3) is 5.91 Å². The Hall–Kier alpha value is -6.62. The number of carbonyl (C=O) groups excluding carboxylic acids is 5. The van der Waals surface area contributed by atoms with Crippen molar-refractivity contribution in [2.24, 2.45) is 0 Å². The monoisotopic (exact) mass is 811 g/mol. The molecule has 0 saturated heterocycles. The Morgan fingerprint density at radius 2 is 1.58 bits per heavy atom. The summed E-state index contributed by atoms with van der Waals surface area (Å²) in [4.78, 5) is 72.3. The number of ketones is 1. The summed E-state index contributed by atoms with van der Waals surface area (Å²) in [6.07, 6.45) is -0.559. The molecule has 308 valence electrons. The summed E-state index contributed by atoms with van der Waals surface area (Å²) in [6, 6.07) is 18.3. The number of halogens is 2. The van der Waals surface area contributed by atoms with E-state index in [1.165, 1.54) is 16.8 Å². The van der Waals surface area contributed by atoms with Crippen molar-refractivity contribution in [2.75, 3.05) is 18.6 Å². The van der Waals surface area contributed by atoms with Gasteiger partial charge in [-0.1, -0.05) is 60.7 Å². The largest absolute Gasteiger partial charge is 0.480 e. The van der Waals surface area contributed by atoms with Gasteiger partial charge in [0.1, 0.15) is 30.3 Å². The van der Waals surface area contributed by atoms with Gasteiger partial charge in [0.2, 0.25) is 11.8 Å². The predicted octanol–water partition coefficient (Wildman–Crippen LogP) is 4.26. The van der Waals surface area contributed by atoms with Crippen molar-refractivity contribution >= 4 is 45.9 Å². The zero-order valence-electron chi connectivity index (χ0n) is 32.8. The molecule has 59 heavy (non-hydrogen) atoms. The number of anilines is 1. The van der Waals surface area contributed by atoms with Crippen molar-refractivity contribution in [1.82, 2.24) is 30.8 Å². The Bertz CT molecular complexity index is 2340. The Morgan fingerprint density at radius 1 is 0.881 bits per heavy atom. The Labute approximate surface area is 338 Å². The lowest BCUT2D eigenvalue weighted by atomic mass is 10.0. The third kappa shape index (κ3) is 10.3. The molecule has 0 fully saturated rings. The van der Waals surface area contributed by atoms with Crippen LogP contribution in [0.15, 0.2) is 84.9 Å². The first-order chi connectivity index (χ1) is 28.2. The van der Waals surface area contributed by atoms with Crippen LogP contribution in [0.25, 0.3) is 10.8 Å². The van der Waals surface area contributed by atoms with E-state index in [1.807, 2.05) is 18.2 Å². The first-order valence-electron chi connectivity index (χ1n) is 18.8. The van der Waals surface area contributed by atoms with Gasteiger partial charge in [-0.3, -0.25) is 28.9 Å². The molecule has 4 aromatic carbocycles. The Morgan fingerprint density at radius 3 is 2.32 bits per heavy atom. The molecule has 3 amide bonds. The number of hydrogen-bond acceptors (Lipinski definition) is 11. The maximum atomic E-state index is 14.9. The smallest absolute Gasteiger partial charge is 0.308 e. The average Bonchev–Trinajstić information content (AvgIpc) is 3.82. The summed E-state index contributed by atoms with van der Waals surface area (Å²) in [5.41, 5.74) is 0.385. The summed E-state index contributed by atoms with van der Waals surface area (Å²) in [7, 11) is 1.47. The molecule has 1 aliphatic rings. The van der Waals surface area contributed by atoms with E-state index in [9.17, 15) is 32.8 Å². The second kappa shape index (κ2) is 18.3. The van der Waals surface area contributed by atoms with Crippen LogP contribution in [0.1, 0.15) is 55.4 Å². The maximum absolute atomic E-state index is 14.9. The van der Waals surface area contributed by atoms with Crippen LogP contribution >= 0.6 is 0 Å². The van der Waals surface area contributed by atoms with Crippen LogP contribution < -0.4 is 20.3 Å². The molecule has 0 saturated carbocycles. The van der Waals surface area contributed by atoms with E-state index in [1.54, 1.807) is 69.3 Å². The zero-order chi connectivity index (χ0) is 42.3. The van der Waals surface area contributed by atoms with Gasteiger partial charge >= 0.3 is 5.97 Å². The highest BCUT2D eigenvalue weighted by Gasteiger charge is 2.42. The number of amides is 3. The minimum atomic E-state index is -1.59.